The highest BCUT2D eigenvalue weighted by Crippen LogP contribution is 2.33. The number of amides is 1. The van der Waals surface area contributed by atoms with Gasteiger partial charge >= 0.3 is 0 Å². The summed E-state index contributed by atoms with van der Waals surface area (Å²) in [4.78, 5) is 20.0. The number of nitrogen functional groups attached to an aromatic ring is 1. The quantitative estimate of drug-likeness (QED) is 0.235. The molecule has 0 aliphatic carbocycles. The third-order valence-corrected chi connectivity index (χ3v) is 6.68. The first kappa shape index (κ1) is 25.9. The molecule has 1 atom stereocenters. The standard InChI is InChI=1S/C30H31N7O2/c1-30(2,33)17-20(18-31)29(38)37-14-6-7-22(37)15-21-16-25-26(28(32)36-35-25)27(34-21)19-10-12-24(13-11-19)39-23-8-4-3-5-9-23/h3-5,8-13,16-17,22H,6-7,14-15,33H2,1-2H3,(H3,32,35,36)/t22-/m1/s1. The summed E-state index contributed by atoms with van der Waals surface area (Å²) in [7, 11) is 0. The summed E-state index contributed by atoms with van der Waals surface area (Å²) in [5, 5.41) is 17.6. The van der Waals surface area contributed by atoms with Gasteiger partial charge in [-0.1, -0.05) is 18.2 Å². The van der Waals surface area contributed by atoms with E-state index in [4.69, 9.17) is 21.2 Å². The molecule has 5 N–H and O–H groups in total. The highest BCUT2D eigenvalue weighted by molar-refractivity contribution is 6.00. The molecule has 1 aliphatic rings. The summed E-state index contributed by atoms with van der Waals surface area (Å²) >= 11 is 0. The third-order valence-electron chi connectivity index (χ3n) is 6.68. The van der Waals surface area contributed by atoms with Crippen molar-refractivity contribution in [2.45, 2.75) is 44.7 Å². The van der Waals surface area contributed by atoms with Crippen LogP contribution in [0.4, 0.5) is 5.82 Å². The van der Waals surface area contributed by atoms with Crippen molar-refractivity contribution in [2.24, 2.45) is 5.73 Å². The highest BCUT2D eigenvalue weighted by atomic mass is 16.5. The molecule has 9 heteroatoms. The summed E-state index contributed by atoms with van der Waals surface area (Å²) in [5.74, 6) is 1.54. The number of carbonyl (C=O) groups excluding carboxylic acids is 1. The van der Waals surface area contributed by atoms with E-state index in [1.54, 1.807) is 18.7 Å². The van der Waals surface area contributed by atoms with Crippen molar-refractivity contribution in [1.29, 1.82) is 5.26 Å². The molecule has 1 amide bonds. The van der Waals surface area contributed by atoms with Gasteiger partial charge in [0.15, 0.2) is 5.82 Å². The molecule has 5 rings (SSSR count). The number of nitriles is 1. The fraction of sp³-hybridized carbons (Fsp3) is 0.267. The molecule has 0 spiro atoms. The number of nitrogens with one attached hydrogen (secondary N) is 1. The monoisotopic (exact) mass is 521 g/mol. The van der Waals surface area contributed by atoms with Gasteiger partial charge in [0.25, 0.3) is 5.91 Å². The molecule has 3 heterocycles. The topological polar surface area (TPSA) is 147 Å². The highest BCUT2D eigenvalue weighted by Gasteiger charge is 2.32. The molecule has 0 saturated carbocycles. The minimum atomic E-state index is -0.764. The summed E-state index contributed by atoms with van der Waals surface area (Å²) in [6.07, 6.45) is 3.75. The maximum absolute atomic E-state index is 13.2. The molecule has 9 nitrogen and oxygen atoms in total. The molecule has 0 radical (unpaired) electrons. The summed E-state index contributed by atoms with van der Waals surface area (Å²) in [6, 6.07) is 21.1. The normalized spacial score (nSPS) is 15.9. The van der Waals surface area contributed by atoms with E-state index in [9.17, 15) is 10.1 Å². The minimum absolute atomic E-state index is 0.0673. The predicted octanol–water partition coefficient (Wildman–Crippen LogP) is 4.72. The molecule has 1 aliphatic heterocycles. The number of hydrogen-bond donors (Lipinski definition) is 3. The molecular formula is C30H31N7O2. The van der Waals surface area contributed by atoms with Crippen LogP contribution in [-0.4, -0.2) is 44.1 Å². The van der Waals surface area contributed by atoms with E-state index in [-0.39, 0.29) is 17.5 Å². The van der Waals surface area contributed by atoms with Crippen LogP contribution in [-0.2, 0) is 11.2 Å². The molecule has 0 bridgehead atoms. The number of hydrogen-bond acceptors (Lipinski definition) is 7. The van der Waals surface area contributed by atoms with Crippen molar-refractivity contribution in [3.05, 3.63) is 78.0 Å². The van der Waals surface area contributed by atoms with Crippen LogP contribution in [0.2, 0.25) is 0 Å². The number of likely N-dealkylation sites (tertiary alicyclic amines) is 1. The number of ether oxygens (including phenoxy) is 1. The number of carbonyl (C=O) groups is 1. The number of aromatic nitrogens is 3. The van der Waals surface area contributed by atoms with Gasteiger partial charge in [0.2, 0.25) is 0 Å². The summed E-state index contributed by atoms with van der Waals surface area (Å²) in [5.41, 5.74) is 14.7. The first-order chi connectivity index (χ1) is 18.7. The minimum Gasteiger partial charge on any atom is -0.457 e. The van der Waals surface area contributed by atoms with Crippen molar-refractivity contribution in [3.63, 3.8) is 0 Å². The van der Waals surface area contributed by atoms with Crippen molar-refractivity contribution >= 4 is 22.6 Å². The number of fused-ring (bicyclic) bond motifs is 1. The Kier molecular flexibility index (Phi) is 7.05. The molecule has 39 heavy (non-hydrogen) atoms. The SMILES string of the molecule is CC(C)(N)C=C(C#N)C(=O)N1CCC[C@@H]1Cc1cc2[nH]nc(N)c2c(-c2ccc(Oc3ccccc3)cc2)n1. The van der Waals surface area contributed by atoms with E-state index in [1.807, 2.05) is 66.7 Å². The zero-order valence-electron chi connectivity index (χ0n) is 22.0. The first-order valence-corrected chi connectivity index (χ1v) is 12.9. The number of H-pyrrole nitrogens is 1. The lowest BCUT2D eigenvalue weighted by atomic mass is 10.0. The smallest absolute Gasteiger partial charge is 0.264 e. The van der Waals surface area contributed by atoms with Crippen LogP contribution >= 0.6 is 0 Å². The van der Waals surface area contributed by atoms with Gasteiger partial charge in [-0.3, -0.25) is 14.9 Å². The fourth-order valence-electron chi connectivity index (χ4n) is 4.97. The van der Waals surface area contributed by atoms with Crippen molar-refractivity contribution in [2.75, 3.05) is 12.3 Å². The number of nitrogens with two attached hydrogens (primary N) is 2. The van der Waals surface area contributed by atoms with Crippen molar-refractivity contribution < 1.29 is 9.53 Å². The molecule has 0 unspecified atom stereocenters. The van der Waals surface area contributed by atoms with Crippen molar-refractivity contribution in [1.82, 2.24) is 20.1 Å². The van der Waals surface area contributed by atoms with Crippen LogP contribution in [0.1, 0.15) is 32.4 Å². The lowest BCUT2D eigenvalue weighted by Crippen LogP contribution is -2.39. The zero-order valence-corrected chi connectivity index (χ0v) is 22.0. The first-order valence-electron chi connectivity index (χ1n) is 12.9. The van der Waals surface area contributed by atoms with E-state index >= 15 is 0 Å². The van der Waals surface area contributed by atoms with Gasteiger partial charge in [0, 0.05) is 35.8 Å². The Morgan fingerprint density at radius 3 is 2.62 bits per heavy atom. The number of nitrogens with zero attached hydrogens (tertiary/aromatic N) is 4. The summed E-state index contributed by atoms with van der Waals surface area (Å²) in [6.45, 7) is 4.11. The van der Waals surface area contributed by atoms with Gasteiger partial charge in [0.05, 0.1) is 16.6 Å². The second-order valence-corrected chi connectivity index (χ2v) is 10.4. The van der Waals surface area contributed by atoms with Gasteiger partial charge in [-0.15, -0.1) is 0 Å². The van der Waals surface area contributed by atoms with Gasteiger partial charge in [-0.25, -0.2) is 0 Å². The number of pyridine rings is 1. The van der Waals surface area contributed by atoms with Gasteiger partial charge in [-0.05, 0) is 75.2 Å². The Labute approximate surface area is 227 Å². The Morgan fingerprint density at radius 1 is 1.21 bits per heavy atom. The third kappa shape index (κ3) is 5.76. The second kappa shape index (κ2) is 10.6. The van der Waals surface area contributed by atoms with Gasteiger partial charge in [0.1, 0.15) is 23.1 Å². The lowest BCUT2D eigenvalue weighted by Gasteiger charge is -2.25. The Balaban J connectivity index is 1.43. The molecule has 2 aromatic carbocycles. The molecule has 2 aromatic heterocycles. The van der Waals surface area contributed by atoms with E-state index in [2.05, 4.69) is 10.2 Å². The van der Waals surface area contributed by atoms with Gasteiger partial charge < -0.3 is 21.1 Å². The molecular weight excluding hydrogens is 490 g/mol. The van der Waals surface area contributed by atoms with Crippen LogP contribution in [0.3, 0.4) is 0 Å². The number of anilines is 1. The van der Waals surface area contributed by atoms with Crippen LogP contribution in [0.25, 0.3) is 22.2 Å². The van der Waals surface area contributed by atoms with Gasteiger partial charge in [-0.2, -0.15) is 10.4 Å². The Morgan fingerprint density at radius 2 is 1.92 bits per heavy atom. The summed E-state index contributed by atoms with van der Waals surface area (Å²) < 4.78 is 5.93. The number of para-hydroxylation sites is 1. The second-order valence-electron chi connectivity index (χ2n) is 10.4. The van der Waals surface area contributed by atoms with Crippen LogP contribution in [0.5, 0.6) is 11.5 Å². The van der Waals surface area contributed by atoms with Crippen LogP contribution in [0.15, 0.2) is 72.3 Å². The average molecular weight is 522 g/mol. The van der Waals surface area contributed by atoms with Crippen molar-refractivity contribution in [3.8, 4) is 28.8 Å². The maximum atomic E-state index is 13.2. The van der Waals surface area contributed by atoms with E-state index in [1.165, 1.54) is 6.08 Å². The number of aromatic amines is 1. The molecule has 1 fully saturated rings. The van der Waals surface area contributed by atoms with E-state index in [0.717, 1.165) is 40.8 Å². The molecule has 198 valence electrons. The van der Waals surface area contributed by atoms with E-state index < -0.39 is 5.54 Å². The fourth-order valence-corrected chi connectivity index (χ4v) is 4.97. The van der Waals surface area contributed by atoms with Crippen LogP contribution < -0.4 is 16.2 Å². The maximum Gasteiger partial charge on any atom is 0.264 e. The number of benzene rings is 2. The van der Waals surface area contributed by atoms with Crippen LogP contribution in [0, 0.1) is 11.3 Å². The largest absolute Gasteiger partial charge is 0.457 e. The molecule has 4 aromatic rings. The predicted molar refractivity (Wildman–Crippen MR) is 151 cm³/mol. The Hall–Kier alpha value is -4.68. The Bertz CT molecular complexity index is 1560. The average Bonchev–Trinajstić information content (AvgIpc) is 3.53. The lowest BCUT2D eigenvalue weighted by molar-refractivity contribution is -0.127. The zero-order chi connectivity index (χ0) is 27.6. The van der Waals surface area contributed by atoms with E-state index in [0.29, 0.717) is 30.2 Å². The molecule has 1 saturated heterocycles. The number of rotatable bonds is 7.